The fraction of sp³-hybridized carbons (Fsp3) is 0.500. The second-order valence-electron chi connectivity index (χ2n) is 8.86. The minimum absolute atomic E-state index is 0.192. The monoisotopic (exact) mass is 430 g/mol. The van der Waals surface area contributed by atoms with Crippen molar-refractivity contribution in [1.29, 1.82) is 0 Å². The highest BCUT2D eigenvalue weighted by molar-refractivity contribution is 7.89. The normalized spacial score (nSPS) is 21.0. The lowest BCUT2D eigenvalue weighted by Crippen LogP contribution is -2.29. The van der Waals surface area contributed by atoms with Crippen molar-refractivity contribution >= 4 is 10.0 Å². The first-order valence-electron chi connectivity index (χ1n) is 10.9. The number of nitrogens with one attached hydrogen (secondary N) is 2. The summed E-state index contributed by atoms with van der Waals surface area (Å²) < 4.78 is 40.7. The Labute approximate surface area is 179 Å². The minimum Gasteiger partial charge on any atom is -0.319 e. The predicted molar refractivity (Wildman–Crippen MR) is 119 cm³/mol. The lowest BCUT2D eigenvalue weighted by molar-refractivity contribution is 0.435. The number of hydrogen-bond acceptors (Lipinski definition) is 3. The Bertz CT molecular complexity index is 988. The highest BCUT2D eigenvalue weighted by Gasteiger charge is 2.32. The highest BCUT2D eigenvalue weighted by atomic mass is 32.2. The van der Waals surface area contributed by atoms with Crippen LogP contribution >= 0.6 is 0 Å². The van der Waals surface area contributed by atoms with Gasteiger partial charge < -0.3 is 5.32 Å². The van der Waals surface area contributed by atoms with Gasteiger partial charge in [-0.15, -0.1) is 0 Å². The predicted octanol–water partition coefficient (Wildman–Crippen LogP) is 3.42. The van der Waals surface area contributed by atoms with Crippen molar-refractivity contribution in [2.75, 3.05) is 25.9 Å². The fourth-order valence-corrected chi connectivity index (χ4v) is 6.17. The van der Waals surface area contributed by atoms with Gasteiger partial charge in [0.25, 0.3) is 0 Å². The first kappa shape index (κ1) is 21.5. The van der Waals surface area contributed by atoms with Crippen molar-refractivity contribution in [3.8, 4) is 0 Å². The van der Waals surface area contributed by atoms with Gasteiger partial charge in [0, 0.05) is 6.54 Å². The molecule has 2 atom stereocenters. The molecule has 2 unspecified atom stereocenters. The van der Waals surface area contributed by atoms with Crippen LogP contribution in [-0.2, 0) is 29.3 Å². The van der Waals surface area contributed by atoms with Gasteiger partial charge in [-0.3, -0.25) is 0 Å². The lowest BCUT2D eigenvalue weighted by atomic mass is 9.86. The van der Waals surface area contributed by atoms with Crippen molar-refractivity contribution < 1.29 is 12.8 Å². The molecule has 30 heavy (non-hydrogen) atoms. The number of sulfonamides is 1. The average molecular weight is 431 g/mol. The summed E-state index contributed by atoms with van der Waals surface area (Å²) >= 11 is 0. The zero-order valence-electron chi connectivity index (χ0n) is 17.5. The number of rotatable bonds is 10. The van der Waals surface area contributed by atoms with Gasteiger partial charge in [-0.25, -0.2) is 17.5 Å². The van der Waals surface area contributed by atoms with E-state index in [1.165, 1.54) is 17.2 Å². The lowest BCUT2D eigenvalue weighted by Gasteiger charge is -2.21. The van der Waals surface area contributed by atoms with Crippen LogP contribution in [0.4, 0.5) is 4.39 Å². The molecule has 2 aromatic rings. The third-order valence-corrected chi connectivity index (χ3v) is 7.91. The molecule has 4 nitrogen and oxygen atoms in total. The molecule has 1 fully saturated rings. The highest BCUT2D eigenvalue weighted by Crippen LogP contribution is 2.40. The summed E-state index contributed by atoms with van der Waals surface area (Å²) in [6.45, 7) is 1.35. The maximum Gasteiger partial charge on any atom is 0.211 e. The van der Waals surface area contributed by atoms with Gasteiger partial charge >= 0.3 is 0 Å². The zero-order valence-corrected chi connectivity index (χ0v) is 18.3. The molecule has 0 heterocycles. The topological polar surface area (TPSA) is 58.2 Å². The fourth-order valence-electron chi connectivity index (χ4n) is 4.69. The Morgan fingerprint density at radius 3 is 2.67 bits per heavy atom. The summed E-state index contributed by atoms with van der Waals surface area (Å²) in [6.07, 6.45) is 4.58. The number of benzene rings is 2. The van der Waals surface area contributed by atoms with Crippen LogP contribution < -0.4 is 10.0 Å². The van der Waals surface area contributed by atoms with Gasteiger partial charge in [-0.05, 0) is 97.8 Å². The van der Waals surface area contributed by atoms with E-state index >= 15 is 0 Å². The molecule has 4 rings (SSSR count). The van der Waals surface area contributed by atoms with E-state index in [0.717, 1.165) is 43.4 Å². The minimum atomic E-state index is -3.17. The van der Waals surface area contributed by atoms with E-state index in [4.69, 9.17) is 0 Å². The molecular formula is C24H31FN2O2S. The van der Waals surface area contributed by atoms with Gasteiger partial charge in [0.15, 0.2) is 0 Å². The molecule has 0 aromatic heterocycles. The zero-order chi connectivity index (χ0) is 21.1. The van der Waals surface area contributed by atoms with E-state index in [1.807, 2.05) is 13.1 Å². The van der Waals surface area contributed by atoms with Crippen molar-refractivity contribution in [3.63, 3.8) is 0 Å². The Kier molecular flexibility index (Phi) is 6.56. The van der Waals surface area contributed by atoms with Crippen molar-refractivity contribution in [2.24, 2.45) is 11.8 Å². The van der Waals surface area contributed by atoms with Gasteiger partial charge in [-0.1, -0.05) is 30.3 Å². The maximum atomic E-state index is 13.7. The van der Waals surface area contributed by atoms with E-state index in [2.05, 4.69) is 28.2 Å². The molecule has 0 spiro atoms. The molecule has 0 saturated heterocycles. The van der Waals surface area contributed by atoms with Crippen LogP contribution in [0.15, 0.2) is 42.5 Å². The summed E-state index contributed by atoms with van der Waals surface area (Å²) in [5.41, 5.74) is 4.86. The molecule has 2 aliphatic rings. The summed E-state index contributed by atoms with van der Waals surface area (Å²) in [7, 11) is -1.19. The Balaban J connectivity index is 1.46. The smallest absolute Gasteiger partial charge is 0.211 e. The summed E-state index contributed by atoms with van der Waals surface area (Å²) in [5.74, 6) is 1.23. The van der Waals surface area contributed by atoms with E-state index < -0.39 is 10.0 Å². The number of hydrogen-bond donors (Lipinski definition) is 2. The summed E-state index contributed by atoms with van der Waals surface area (Å²) in [5, 5.41) is 3.31. The molecule has 6 heteroatoms. The second-order valence-corrected chi connectivity index (χ2v) is 10.7. The van der Waals surface area contributed by atoms with Gasteiger partial charge in [0.05, 0.1) is 5.75 Å². The van der Waals surface area contributed by atoms with Crippen molar-refractivity contribution in [1.82, 2.24) is 10.0 Å². The molecule has 0 bridgehead atoms. The first-order valence-corrected chi connectivity index (χ1v) is 12.6. The summed E-state index contributed by atoms with van der Waals surface area (Å²) in [6, 6.07) is 13.4. The SMILES string of the molecule is CNCC1Cc2ccc(CCNS(=O)(=O)CC3CC3)cc2C1Cc1cccc(F)c1. The van der Waals surface area contributed by atoms with Crippen molar-refractivity contribution in [3.05, 3.63) is 70.5 Å². The van der Waals surface area contributed by atoms with Crippen LogP contribution in [0.5, 0.6) is 0 Å². The Morgan fingerprint density at radius 1 is 1.10 bits per heavy atom. The quantitative estimate of drug-likeness (QED) is 0.607. The largest absolute Gasteiger partial charge is 0.319 e. The number of halogens is 1. The molecule has 162 valence electrons. The van der Waals surface area contributed by atoms with Crippen LogP contribution in [-0.4, -0.2) is 34.3 Å². The number of fused-ring (bicyclic) bond motifs is 1. The Hall–Kier alpha value is -1.76. The van der Waals surface area contributed by atoms with Crippen molar-refractivity contribution in [2.45, 2.75) is 38.0 Å². The van der Waals surface area contributed by atoms with Crippen LogP contribution in [0.2, 0.25) is 0 Å². The van der Waals surface area contributed by atoms with Crippen LogP contribution in [0, 0.1) is 17.7 Å². The molecule has 0 aliphatic heterocycles. The van der Waals surface area contributed by atoms with Crippen LogP contribution in [0.25, 0.3) is 0 Å². The molecule has 2 aromatic carbocycles. The molecule has 0 amide bonds. The third kappa shape index (κ3) is 5.48. The average Bonchev–Trinajstić information content (AvgIpc) is 3.43. The van der Waals surface area contributed by atoms with Gasteiger partial charge in [0.2, 0.25) is 10.0 Å². The van der Waals surface area contributed by atoms with Gasteiger partial charge in [-0.2, -0.15) is 0 Å². The van der Waals surface area contributed by atoms with E-state index in [0.29, 0.717) is 30.7 Å². The van der Waals surface area contributed by atoms with Crippen LogP contribution in [0.3, 0.4) is 0 Å². The molecule has 0 radical (unpaired) electrons. The Morgan fingerprint density at radius 2 is 1.93 bits per heavy atom. The molecular weight excluding hydrogens is 399 g/mol. The molecule has 2 aliphatic carbocycles. The standard InChI is InChI=1S/C24H31FN2O2S/c1-26-15-21-14-20-8-7-17(9-10-27-30(28,29)16-18-5-6-18)12-23(20)24(21)13-19-3-2-4-22(25)11-19/h2-4,7-8,11-12,18,21,24,26-27H,5-6,9-10,13-16H2,1H3. The van der Waals surface area contributed by atoms with E-state index in [-0.39, 0.29) is 11.6 Å². The van der Waals surface area contributed by atoms with Gasteiger partial charge in [0.1, 0.15) is 5.82 Å². The molecule has 2 N–H and O–H groups in total. The summed E-state index contributed by atoms with van der Waals surface area (Å²) in [4.78, 5) is 0. The van der Waals surface area contributed by atoms with E-state index in [9.17, 15) is 12.8 Å². The van der Waals surface area contributed by atoms with E-state index in [1.54, 1.807) is 12.1 Å². The maximum absolute atomic E-state index is 13.7. The molecule has 1 saturated carbocycles. The first-order chi connectivity index (χ1) is 14.4. The second kappa shape index (κ2) is 9.16. The third-order valence-electron chi connectivity index (χ3n) is 6.36. The van der Waals surface area contributed by atoms with Crippen LogP contribution in [0.1, 0.15) is 41.0 Å².